The number of hydrogen-bond donors (Lipinski definition) is 0. The highest BCUT2D eigenvalue weighted by molar-refractivity contribution is 6.05. The van der Waals surface area contributed by atoms with E-state index in [0.29, 0.717) is 0 Å². The van der Waals surface area contributed by atoms with Crippen LogP contribution in [0.3, 0.4) is 0 Å². The molecule has 19 heavy (non-hydrogen) atoms. The second-order valence-electron chi connectivity index (χ2n) is 5.04. The molecule has 0 radical (unpaired) electrons. The highest BCUT2D eigenvalue weighted by atomic mass is 19.4. The molecule has 7 heteroatoms. The average molecular weight is 282 g/mol. The van der Waals surface area contributed by atoms with Crippen LogP contribution in [0.1, 0.15) is 34.1 Å². The Bertz CT molecular complexity index is 366. The lowest BCUT2D eigenvalue weighted by molar-refractivity contribution is -0.175. The van der Waals surface area contributed by atoms with Crippen molar-refractivity contribution in [1.29, 1.82) is 0 Å². The molecule has 0 rings (SSSR count). The monoisotopic (exact) mass is 282 g/mol. The molecule has 0 aromatic heterocycles. The van der Waals surface area contributed by atoms with Gasteiger partial charge in [-0.1, -0.05) is 20.8 Å². The first-order valence-corrected chi connectivity index (χ1v) is 5.72. The van der Waals surface area contributed by atoms with E-state index < -0.39 is 41.5 Å². The van der Waals surface area contributed by atoms with Crippen molar-refractivity contribution < 1.29 is 32.3 Å². The van der Waals surface area contributed by atoms with Gasteiger partial charge in [0.15, 0.2) is 5.78 Å². The van der Waals surface area contributed by atoms with Crippen molar-refractivity contribution in [1.82, 2.24) is 0 Å². The molecule has 0 aromatic carbocycles. The fraction of sp³-hybridized carbons (Fsp3) is 0.750. The van der Waals surface area contributed by atoms with Crippen LogP contribution in [0, 0.1) is 11.3 Å². The van der Waals surface area contributed by atoms with Crippen LogP contribution in [0.5, 0.6) is 0 Å². The van der Waals surface area contributed by atoms with Crippen molar-refractivity contribution in [2.75, 3.05) is 6.61 Å². The number of hydrogen-bond acceptors (Lipinski definition) is 4. The molecule has 0 aliphatic carbocycles. The Morgan fingerprint density at radius 1 is 1.11 bits per heavy atom. The number of halogens is 3. The van der Waals surface area contributed by atoms with E-state index in [-0.39, 0.29) is 6.61 Å². The van der Waals surface area contributed by atoms with Crippen molar-refractivity contribution >= 4 is 17.5 Å². The molecule has 0 bridgehead atoms. The van der Waals surface area contributed by atoms with Gasteiger partial charge in [0.1, 0.15) is 5.92 Å². The number of carbonyl (C=O) groups is 3. The molecule has 1 unspecified atom stereocenters. The van der Waals surface area contributed by atoms with Crippen LogP contribution in [-0.4, -0.2) is 30.3 Å². The van der Waals surface area contributed by atoms with Crippen LogP contribution >= 0.6 is 0 Å². The lowest BCUT2D eigenvalue weighted by atomic mass is 9.81. The Morgan fingerprint density at radius 3 is 1.89 bits per heavy atom. The van der Waals surface area contributed by atoms with Gasteiger partial charge in [-0.05, 0) is 6.92 Å². The number of Topliss-reactive ketones (excluding diaryl/α,β-unsaturated/α-hetero) is 2. The zero-order valence-corrected chi connectivity index (χ0v) is 11.3. The third-order valence-corrected chi connectivity index (χ3v) is 2.33. The highest BCUT2D eigenvalue weighted by Crippen LogP contribution is 2.27. The summed E-state index contributed by atoms with van der Waals surface area (Å²) in [5.74, 6) is -5.67. The van der Waals surface area contributed by atoms with E-state index in [4.69, 9.17) is 0 Å². The molecular formula is C12H17F3O4. The van der Waals surface area contributed by atoms with E-state index in [2.05, 4.69) is 4.74 Å². The van der Waals surface area contributed by atoms with E-state index in [9.17, 15) is 27.6 Å². The maximum absolute atomic E-state index is 12.2. The number of carbonyl (C=O) groups excluding carboxylic acids is 3. The van der Waals surface area contributed by atoms with Crippen molar-refractivity contribution in [2.24, 2.45) is 11.3 Å². The Morgan fingerprint density at radius 2 is 1.58 bits per heavy atom. The second-order valence-corrected chi connectivity index (χ2v) is 5.04. The molecule has 0 aliphatic heterocycles. The molecule has 0 saturated carbocycles. The lowest BCUT2D eigenvalue weighted by Crippen LogP contribution is -2.38. The Balaban J connectivity index is 5.15. The average Bonchev–Trinajstić information content (AvgIpc) is 2.22. The Labute approximate surface area is 109 Å². The number of alkyl halides is 3. The second kappa shape index (κ2) is 6.16. The van der Waals surface area contributed by atoms with E-state index in [1.807, 2.05) is 0 Å². The molecule has 0 saturated heterocycles. The predicted molar refractivity (Wildman–Crippen MR) is 60.3 cm³/mol. The van der Waals surface area contributed by atoms with Crippen LogP contribution in [0.4, 0.5) is 13.2 Å². The fourth-order valence-corrected chi connectivity index (χ4v) is 1.35. The van der Waals surface area contributed by atoms with Crippen molar-refractivity contribution in [3.8, 4) is 0 Å². The standard InChI is InChI=1S/C12H17F3O4/c1-5-19-10(18)7(9(17)11(2,3)4)6-8(16)12(13,14)15/h7H,5-6H2,1-4H3. The van der Waals surface area contributed by atoms with Gasteiger partial charge in [-0.3, -0.25) is 14.4 Å². The van der Waals surface area contributed by atoms with E-state index in [0.717, 1.165) is 0 Å². The number of rotatable bonds is 5. The quantitative estimate of drug-likeness (QED) is 0.573. The molecule has 0 aliphatic rings. The minimum Gasteiger partial charge on any atom is -0.465 e. The van der Waals surface area contributed by atoms with Crippen LogP contribution in [0.25, 0.3) is 0 Å². The van der Waals surface area contributed by atoms with Gasteiger partial charge in [-0.25, -0.2) is 0 Å². The van der Waals surface area contributed by atoms with E-state index in [1.165, 1.54) is 27.7 Å². The summed E-state index contributed by atoms with van der Waals surface area (Å²) < 4.78 is 41.2. The summed E-state index contributed by atoms with van der Waals surface area (Å²) in [6.07, 6.45) is -6.28. The first-order chi connectivity index (χ1) is 8.41. The Hall–Kier alpha value is -1.40. The minimum absolute atomic E-state index is 0.0764. The maximum Gasteiger partial charge on any atom is 0.450 e. The zero-order chi connectivity index (χ0) is 15.4. The molecular weight excluding hydrogens is 265 g/mol. The molecule has 0 heterocycles. The lowest BCUT2D eigenvalue weighted by Gasteiger charge is -2.23. The predicted octanol–water partition coefficient (Wildman–Crippen LogP) is 2.30. The van der Waals surface area contributed by atoms with Crippen molar-refractivity contribution in [3.63, 3.8) is 0 Å². The van der Waals surface area contributed by atoms with E-state index >= 15 is 0 Å². The number of ether oxygens (including phenoxy) is 1. The molecule has 0 spiro atoms. The van der Waals surface area contributed by atoms with Gasteiger partial charge in [-0.15, -0.1) is 0 Å². The molecule has 0 aromatic rings. The third kappa shape index (κ3) is 5.40. The molecule has 110 valence electrons. The molecule has 0 fully saturated rings. The normalized spacial score (nSPS) is 13.8. The van der Waals surface area contributed by atoms with Crippen molar-refractivity contribution in [2.45, 2.75) is 40.3 Å². The third-order valence-electron chi connectivity index (χ3n) is 2.33. The van der Waals surface area contributed by atoms with Gasteiger partial charge in [0.25, 0.3) is 0 Å². The highest BCUT2D eigenvalue weighted by Gasteiger charge is 2.44. The number of esters is 1. The molecule has 0 N–H and O–H groups in total. The molecule has 4 nitrogen and oxygen atoms in total. The first-order valence-electron chi connectivity index (χ1n) is 5.72. The maximum atomic E-state index is 12.2. The van der Waals surface area contributed by atoms with Gasteiger partial charge in [0.05, 0.1) is 6.61 Å². The van der Waals surface area contributed by atoms with Crippen molar-refractivity contribution in [3.05, 3.63) is 0 Å². The van der Waals surface area contributed by atoms with Crippen LogP contribution in [0.15, 0.2) is 0 Å². The topological polar surface area (TPSA) is 60.4 Å². The van der Waals surface area contributed by atoms with Crippen LogP contribution < -0.4 is 0 Å². The smallest absolute Gasteiger partial charge is 0.450 e. The molecule has 0 amide bonds. The first kappa shape index (κ1) is 17.6. The molecule has 1 atom stereocenters. The minimum atomic E-state index is -5.07. The SMILES string of the molecule is CCOC(=O)C(CC(=O)C(F)(F)F)C(=O)C(C)(C)C. The van der Waals surface area contributed by atoms with Gasteiger partial charge >= 0.3 is 12.1 Å². The van der Waals surface area contributed by atoms with Gasteiger partial charge in [0, 0.05) is 11.8 Å². The number of ketones is 2. The Kier molecular flexibility index (Phi) is 5.71. The van der Waals surface area contributed by atoms with Gasteiger partial charge in [0.2, 0.25) is 5.78 Å². The summed E-state index contributed by atoms with van der Waals surface area (Å²) in [5, 5.41) is 0. The zero-order valence-electron chi connectivity index (χ0n) is 11.3. The summed E-state index contributed by atoms with van der Waals surface area (Å²) >= 11 is 0. The van der Waals surface area contributed by atoms with Gasteiger partial charge < -0.3 is 4.74 Å². The summed E-state index contributed by atoms with van der Waals surface area (Å²) in [4.78, 5) is 34.4. The van der Waals surface area contributed by atoms with Crippen LogP contribution in [0.2, 0.25) is 0 Å². The summed E-state index contributed by atoms with van der Waals surface area (Å²) in [6.45, 7) is 5.76. The van der Waals surface area contributed by atoms with Crippen LogP contribution in [-0.2, 0) is 19.1 Å². The summed E-state index contributed by atoms with van der Waals surface area (Å²) in [7, 11) is 0. The van der Waals surface area contributed by atoms with E-state index in [1.54, 1.807) is 0 Å². The fourth-order valence-electron chi connectivity index (χ4n) is 1.35. The van der Waals surface area contributed by atoms with Gasteiger partial charge in [-0.2, -0.15) is 13.2 Å². The summed E-state index contributed by atoms with van der Waals surface area (Å²) in [5.41, 5.74) is -1.04. The largest absolute Gasteiger partial charge is 0.465 e. The summed E-state index contributed by atoms with van der Waals surface area (Å²) in [6, 6.07) is 0.